The number of rotatable bonds is 21. The number of carbonyl (C=O) groups is 4. The Labute approximate surface area is 239 Å². The van der Waals surface area contributed by atoms with E-state index in [1.165, 1.54) is 44.9 Å². The van der Waals surface area contributed by atoms with Crippen molar-refractivity contribution < 1.29 is 47.3 Å². The smallest absolute Gasteiger partial charge is 0.471 e. The monoisotopic (exact) mass is 598 g/mol. The van der Waals surface area contributed by atoms with Crippen molar-refractivity contribution in [1.29, 1.82) is 0 Å². The van der Waals surface area contributed by atoms with Crippen LogP contribution in [0, 0.1) is 0 Å². The molecule has 0 bridgehead atoms. The molecule has 0 rings (SSSR count). The fourth-order valence-electron chi connectivity index (χ4n) is 3.79. The third-order valence-corrected chi connectivity index (χ3v) is 7.56. The van der Waals surface area contributed by atoms with E-state index < -0.39 is 53.2 Å². The highest BCUT2D eigenvalue weighted by Crippen LogP contribution is 2.23. The van der Waals surface area contributed by atoms with Gasteiger partial charge in [0.1, 0.15) is 6.04 Å². The zero-order valence-electron chi connectivity index (χ0n) is 23.7. The number of amides is 3. The van der Waals surface area contributed by atoms with Crippen LogP contribution in [0.5, 0.6) is 0 Å². The number of allylic oxidation sites excluding steroid dienone is 1. The lowest BCUT2D eigenvalue weighted by Gasteiger charge is -2.25. The van der Waals surface area contributed by atoms with Crippen LogP contribution in [0.25, 0.3) is 0 Å². The van der Waals surface area contributed by atoms with Gasteiger partial charge in [-0.1, -0.05) is 76.9 Å². The van der Waals surface area contributed by atoms with Gasteiger partial charge in [-0.25, -0.2) is 9.69 Å². The molecule has 0 saturated carbocycles. The minimum Gasteiger partial charge on any atom is -0.481 e. The Balaban J connectivity index is 5.13. The number of nitrogens with one attached hydrogen (secondary N) is 1. The predicted octanol–water partition coefficient (Wildman–Crippen LogP) is 5.45. The van der Waals surface area contributed by atoms with E-state index in [0.29, 0.717) is 11.3 Å². The number of ether oxygens (including phenoxy) is 1. The average Bonchev–Trinajstić information content (AvgIpc) is 2.90. The number of unbranched alkanes of at least 4 members (excludes halogenated alkanes) is 10. The molecule has 13 heteroatoms. The number of hydrogen-bond donors (Lipinski definition) is 3. The molecule has 0 radical (unpaired) electrons. The molecule has 0 aromatic rings. The molecule has 0 spiro atoms. The molecule has 3 atom stereocenters. The number of likely N-dealkylation sites (N-methyl/N-ethyl adjacent to an activating group) is 1. The van der Waals surface area contributed by atoms with Gasteiger partial charge >= 0.3 is 24.1 Å². The molecule has 0 aliphatic carbocycles. The fourth-order valence-corrected chi connectivity index (χ4v) is 5.01. The molecule has 40 heavy (non-hydrogen) atoms. The van der Waals surface area contributed by atoms with Gasteiger partial charge in [0, 0.05) is 24.5 Å². The van der Waals surface area contributed by atoms with Gasteiger partial charge in [-0.05, 0) is 19.3 Å². The molecule has 3 amide bonds. The van der Waals surface area contributed by atoms with Crippen molar-refractivity contribution in [2.45, 2.75) is 114 Å². The number of hydrogen-bond acceptors (Lipinski definition) is 7. The minimum absolute atomic E-state index is 0.120. The molecule has 9 nitrogen and oxygen atoms in total. The number of imide groups is 1. The van der Waals surface area contributed by atoms with E-state index in [2.05, 4.69) is 11.7 Å². The van der Waals surface area contributed by atoms with Gasteiger partial charge in [0.15, 0.2) is 0 Å². The summed E-state index contributed by atoms with van der Waals surface area (Å²) in [5, 5.41) is 20.3. The molecule has 232 valence electrons. The number of aliphatic hydroxyl groups excluding tert-OH is 1. The number of carboxylic acids is 1. The van der Waals surface area contributed by atoms with Crippen LogP contribution >= 0.6 is 11.8 Å². The third-order valence-electron chi connectivity index (χ3n) is 6.18. The summed E-state index contributed by atoms with van der Waals surface area (Å²) >= 11 is 0.879. The first-order valence-corrected chi connectivity index (χ1v) is 14.8. The van der Waals surface area contributed by atoms with Crippen LogP contribution in [0.4, 0.5) is 18.0 Å². The van der Waals surface area contributed by atoms with Crippen molar-refractivity contribution in [3.05, 3.63) is 12.2 Å². The summed E-state index contributed by atoms with van der Waals surface area (Å²) in [6.45, 7) is 2.19. The number of methoxy groups -OCH3 is 1. The van der Waals surface area contributed by atoms with Crippen molar-refractivity contribution in [1.82, 2.24) is 10.2 Å². The lowest BCUT2D eigenvalue weighted by atomic mass is 10.1. The Morgan fingerprint density at radius 3 is 2.05 bits per heavy atom. The van der Waals surface area contributed by atoms with Crippen molar-refractivity contribution in [3.8, 4) is 0 Å². The number of carbonyl (C=O) groups excluding carboxylic acids is 3. The largest absolute Gasteiger partial charge is 0.481 e. The molecule has 0 heterocycles. The van der Waals surface area contributed by atoms with Gasteiger partial charge in [-0.15, -0.1) is 11.8 Å². The molecular weight excluding hydrogens is 553 g/mol. The van der Waals surface area contributed by atoms with E-state index in [4.69, 9.17) is 5.11 Å². The summed E-state index contributed by atoms with van der Waals surface area (Å²) in [7, 11) is 1.98. The third kappa shape index (κ3) is 17.4. The molecule has 3 unspecified atom stereocenters. The van der Waals surface area contributed by atoms with Crippen LogP contribution < -0.4 is 5.32 Å². The lowest BCUT2D eigenvalue weighted by Crippen LogP contribution is -2.53. The quantitative estimate of drug-likeness (QED) is 0.117. The molecule has 0 aromatic carbocycles. The van der Waals surface area contributed by atoms with E-state index in [1.807, 2.05) is 6.08 Å². The highest BCUT2D eigenvalue weighted by molar-refractivity contribution is 8.00. The summed E-state index contributed by atoms with van der Waals surface area (Å²) in [6, 6.07) is -1.76. The van der Waals surface area contributed by atoms with Crippen LogP contribution in [0.2, 0.25) is 0 Å². The van der Waals surface area contributed by atoms with Crippen molar-refractivity contribution in [3.63, 3.8) is 0 Å². The van der Waals surface area contributed by atoms with Crippen LogP contribution in [0.3, 0.4) is 0 Å². The van der Waals surface area contributed by atoms with Gasteiger partial charge < -0.3 is 20.3 Å². The highest BCUT2D eigenvalue weighted by Gasteiger charge is 2.42. The van der Waals surface area contributed by atoms with Crippen molar-refractivity contribution >= 4 is 35.6 Å². The molecular formula is C27H45F3N2O7S. The predicted molar refractivity (Wildman–Crippen MR) is 148 cm³/mol. The summed E-state index contributed by atoms with van der Waals surface area (Å²) < 4.78 is 43.0. The Morgan fingerprint density at radius 2 is 1.55 bits per heavy atom. The average molecular weight is 599 g/mol. The second-order valence-electron chi connectivity index (χ2n) is 9.59. The minimum atomic E-state index is -5.26. The van der Waals surface area contributed by atoms with E-state index >= 15 is 0 Å². The zero-order chi connectivity index (χ0) is 30.6. The Kier molecular flexibility index (Phi) is 20.2. The zero-order valence-corrected chi connectivity index (χ0v) is 24.5. The standard InChI is InChI=1S/C27H45F3N2O7S/c1-4-5-6-7-8-9-10-11-12-13-14-15-16-22(21(33)17-18-23(34)35)40-19-20(31-25(37)27(28,29)30)24(36)32(2)26(38)39-3/h15-16,20-22,33H,4-14,17-19H2,1-3H3,(H,31,37)(H,34,35). The number of nitrogens with zero attached hydrogens (tertiary/aromatic N) is 1. The van der Waals surface area contributed by atoms with Gasteiger partial charge in [-0.3, -0.25) is 14.4 Å². The van der Waals surface area contributed by atoms with Crippen LogP contribution in [0.1, 0.15) is 90.4 Å². The van der Waals surface area contributed by atoms with E-state index in [-0.39, 0.29) is 12.8 Å². The van der Waals surface area contributed by atoms with Crippen molar-refractivity contribution in [2.75, 3.05) is 19.9 Å². The second kappa shape index (κ2) is 21.5. The van der Waals surface area contributed by atoms with E-state index in [1.54, 1.807) is 11.4 Å². The number of halogens is 3. The van der Waals surface area contributed by atoms with Gasteiger partial charge in [-0.2, -0.15) is 13.2 Å². The number of thioether (sulfide) groups is 1. The van der Waals surface area contributed by atoms with Crippen LogP contribution in [0.15, 0.2) is 12.2 Å². The summed E-state index contributed by atoms with van der Waals surface area (Å²) in [5.41, 5.74) is 0. The van der Waals surface area contributed by atoms with Gasteiger partial charge in [0.2, 0.25) is 0 Å². The Hall–Kier alpha value is -2.28. The number of carboxylic acid groups (broad SMARTS) is 1. The number of aliphatic hydroxyl groups is 1. The maximum atomic E-state index is 12.9. The molecule has 3 N–H and O–H groups in total. The van der Waals surface area contributed by atoms with Gasteiger partial charge in [0.25, 0.3) is 5.91 Å². The first-order chi connectivity index (χ1) is 18.8. The Morgan fingerprint density at radius 1 is 1.00 bits per heavy atom. The van der Waals surface area contributed by atoms with Crippen molar-refractivity contribution in [2.24, 2.45) is 0 Å². The molecule has 0 saturated heterocycles. The SMILES string of the molecule is CCCCCCCCCCCCC=CC(SCC(NC(=O)C(F)(F)F)C(=O)N(C)C(=O)OC)C(O)CCC(=O)O. The van der Waals surface area contributed by atoms with Crippen LogP contribution in [-0.2, 0) is 19.1 Å². The summed E-state index contributed by atoms with van der Waals surface area (Å²) in [4.78, 5) is 47.3. The second-order valence-corrected chi connectivity index (χ2v) is 10.8. The Bertz CT molecular complexity index is 797. The fraction of sp³-hybridized carbons (Fsp3) is 0.778. The normalized spacial score (nSPS) is 14.0. The molecule has 0 fully saturated rings. The first-order valence-electron chi connectivity index (χ1n) is 13.8. The maximum absolute atomic E-state index is 12.9. The number of aliphatic carboxylic acids is 1. The molecule has 0 aromatic heterocycles. The maximum Gasteiger partial charge on any atom is 0.471 e. The molecule has 0 aliphatic heterocycles. The lowest BCUT2D eigenvalue weighted by molar-refractivity contribution is -0.174. The summed E-state index contributed by atoms with van der Waals surface area (Å²) in [5.74, 6) is -5.03. The van der Waals surface area contributed by atoms with Gasteiger partial charge in [0.05, 0.1) is 13.2 Å². The van der Waals surface area contributed by atoms with E-state index in [0.717, 1.165) is 45.2 Å². The topological polar surface area (TPSA) is 133 Å². The highest BCUT2D eigenvalue weighted by atomic mass is 32.2. The molecule has 0 aliphatic rings. The number of alkyl halides is 3. The first kappa shape index (κ1) is 37.7. The van der Waals surface area contributed by atoms with Crippen LogP contribution in [-0.4, -0.2) is 82.5 Å². The summed E-state index contributed by atoms with van der Waals surface area (Å²) in [6.07, 6.45) is 7.86. The van der Waals surface area contributed by atoms with E-state index in [9.17, 15) is 37.5 Å².